The van der Waals surface area contributed by atoms with Crippen molar-refractivity contribution >= 4 is 23.5 Å². The molecule has 0 bridgehead atoms. The molecule has 7 nitrogen and oxygen atoms in total. The number of piperidine rings is 1. The highest BCUT2D eigenvalue weighted by Crippen LogP contribution is 2.57. The Morgan fingerprint density at radius 2 is 1.93 bits per heavy atom. The maximum Gasteiger partial charge on any atom is 0.311 e. The molecule has 1 fully saturated rings. The molecule has 0 aliphatic carbocycles. The standard InChI is InChI=1S/C20H29ClN2O5/c1-4-20(18(26)27)15(11-28-10-9-22)23-12(2)19(3,17(24)25)16(20)13-7-5-6-8-14(13)21/h5-8,12,15-16,23H,4,9-11,22H2,1-3H3,(H,24,25)(H,26,27)/t12?,15-,16?,19?,20?/m0/s1. The summed E-state index contributed by atoms with van der Waals surface area (Å²) < 4.78 is 5.59. The molecule has 5 atom stereocenters. The highest BCUT2D eigenvalue weighted by Gasteiger charge is 2.65. The predicted octanol–water partition coefficient (Wildman–Crippen LogP) is 2.33. The Hall–Kier alpha value is -1.67. The monoisotopic (exact) mass is 412 g/mol. The molecule has 0 aromatic heterocycles. The van der Waals surface area contributed by atoms with E-state index in [9.17, 15) is 19.8 Å². The molecular weight excluding hydrogens is 384 g/mol. The quantitative estimate of drug-likeness (QED) is 0.483. The van der Waals surface area contributed by atoms with Gasteiger partial charge in [0.15, 0.2) is 0 Å². The number of hydrogen-bond donors (Lipinski definition) is 4. The van der Waals surface area contributed by atoms with Gasteiger partial charge in [0.1, 0.15) is 0 Å². The number of carboxylic acid groups (broad SMARTS) is 2. The van der Waals surface area contributed by atoms with Crippen LogP contribution in [0.2, 0.25) is 5.02 Å². The molecule has 1 aliphatic rings. The van der Waals surface area contributed by atoms with Crippen LogP contribution in [0.4, 0.5) is 0 Å². The first-order chi connectivity index (χ1) is 13.2. The van der Waals surface area contributed by atoms with Gasteiger partial charge in [-0.3, -0.25) is 9.59 Å². The van der Waals surface area contributed by atoms with E-state index in [1.807, 2.05) is 0 Å². The van der Waals surface area contributed by atoms with Gasteiger partial charge in [0.25, 0.3) is 0 Å². The number of carbonyl (C=O) groups is 2. The minimum absolute atomic E-state index is 0.109. The van der Waals surface area contributed by atoms with Crippen LogP contribution in [0.5, 0.6) is 0 Å². The van der Waals surface area contributed by atoms with E-state index in [4.69, 9.17) is 22.1 Å². The van der Waals surface area contributed by atoms with Crippen LogP contribution in [-0.2, 0) is 14.3 Å². The average molecular weight is 413 g/mol. The molecule has 156 valence electrons. The maximum absolute atomic E-state index is 12.7. The summed E-state index contributed by atoms with van der Waals surface area (Å²) in [7, 11) is 0. The Balaban J connectivity index is 2.75. The molecule has 8 heteroatoms. The van der Waals surface area contributed by atoms with Crippen LogP contribution in [-0.4, -0.2) is 54.0 Å². The van der Waals surface area contributed by atoms with Crippen molar-refractivity contribution in [2.75, 3.05) is 19.8 Å². The Morgan fingerprint density at radius 3 is 2.43 bits per heavy atom. The number of benzene rings is 1. The Labute approximate surface area is 170 Å². The summed E-state index contributed by atoms with van der Waals surface area (Å²) >= 11 is 6.45. The van der Waals surface area contributed by atoms with Crippen molar-refractivity contribution in [3.05, 3.63) is 34.9 Å². The molecule has 5 N–H and O–H groups in total. The second-order valence-electron chi connectivity index (χ2n) is 7.55. The van der Waals surface area contributed by atoms with Gasteiger partial charge >= 0.3 is 11.9 Å². The molecule has 2 rings (SSSR count). The summed E-state index contributed by atoms with van der Waals surface area (Å²) in [4.78, 5) is 25.2. The minimum Gasteiger partial charge on any atom is -0.481 e. The zero-order chi connectivity index (χ0) is 21.1. The smallest absolute Gasteiger partial charge is 0.311 e. The lowest BCUT2D eigenvalue weighted by Crippen LogP contribution is -2.70. The van der Waals surface area contributed by atoms with Gasteiger partial charge in [-0.15, -0.1) is 0 Å². The lowest BCUT2D eigenvalue weighted by Gasteiger charge is -2.56. The number of hydrogen-bond acceptors (Lipinski definition) is 5. The van der Waals surface area contributed by atoms with E-state index in [1.54, 1.807) is 45.0 Å². The summed E-state index contributed by atoms with van der Waals surface area (Å²) in [6.45, 7) is 5.82. The SMILES string of the molecule is CCC1(C(=O)O)C(c2ccccc2Cl)C(C)(C(=O)O)C(C)N[C@H]1COCCN. The molecule has 4 unspecified atom stereocenters. The molecule has 1 aromatic rings. The molecule has 1 saturated heterocycles. The second kappa shape index (κ2) is 8.78. The molecule has 1 aromatic carbocycles. The predicted molar refractivity (Wildman–Crippen MR) is 107 cm³/mol. The summed E-state index contributed by atoms with van der Waals surface area (Å²) in [6, 6.07) is 5.75. The van der Waals surface area contributed by atoms with Crippen LogP contribution in [0.25, 0.3) is 0 Å². The Kier molecular flexibility index (Phi) is 7.09. The summed E-state index contributed by atoms with van der Waals surface area (Å²) in [5.41, 5.74) is 3.19. The van der Waals surface area contributed by atoms with E-state index < -0.39 is 40.8 Å². The van der Waals surface area contributed by atoms with Crippen molar-refractivity contribution in [2.45, 2.75) is 45.2 Å². The van der Waals surface area contributed by atoms with Gasteiger partial charge in [-0.05, 0) is 31.9 Å². The van der Waals surface area contributed by atoms with E-state index >= 15 is 0 Å². The zero-order valence-electron chi connectivity index (χ0n) is 16.4. The van der Waals surface area contributed by atoms with Crippen molar-refractivity contribution in [1.82, 2.24) is 5.32 Å². The zero-order valence-corrected chi connectivity index (χ0v) is 17.2. The third-order valence-corrected chi connectivity index (χ3v) is 6.64. The van der Waals surface area contributed by atoms with Crippen molar-refractivity contribution in [1.29, 1.82) is 0 Å². The number of halogens is 1. The maximum atomic E-state index is 12.7. The molecule has 0 saturated carbocycles. The Morgan fingerprint density at radius 1 is 1.29 bits per heavy atom. The van der Waals surface area contributed by atoms with Crippen LogP contribution in [0.1, 0.15) is 38.7 Å². The molecule has 1 aliphatic heterocycles. The fourth-order valence-electron chi connectivity index (χ4n) is 4.58. The van der Waals surface area contributed by atoms with Crippen LogP contribution >= 0.6 is 11.6 Å². The summed E-state index contributed by atoms with van der Waals surface area (Å²) in [5, 5.41) is 24.1. The topological polar surface area (TPSA) is 122 Å². The normalized spacial score (nSPS) is 32.8. The number of rotatable bonds is 8. The van der Waals surface area contributed by atoms with Gasteiger partial charge in [0.2, 0.25) is 0 Å². The van der Waals surface area contributed by atoms with E-state index in [1.165, 1.54) is 0 Å². The molecule has 1 heterocycles. The van der Waals surface area contributed by atoms with Gasteiger partial charge in [-0.25, -0.2) is 0 Å². The van der Waals surface area contributed by atoms with Crippen molar-refractivity contribution < 1.29 is 24.5 Å². The van der Waals surface area contributed by atoms with E-state index in [0.29, 0.717) is 23.7 Å². The molecule has 0 radical (unpaired) electrons. The van der Waals surface area contributed by atoms with E-state index in [-0.39, 0.29) is 13.0 Å². The Bertz CT molecular complexity index is 730. The fourth-order valence-corrected chi connectivity index (χ4v) is 4.83. The first-order valence-corrected chi connectivity index (χ1v) is 9.80. The van der Waals surface area contributed by atoms with Gasteiger partial charge < -0.3 is 26.0 Å². The lowest BCUT2D eigenvalue weighted by atomic mass is 9.51. The van der Waals surface area contributed by atoms with Gasteiger partial charge in [-0.1, -0.05) is 36.7 Å². The first kappa shape index (κ1) is 22.6. The number of nitrogens with two attached hydrogens (primary N) is 1. The average Bonchev–Trinajstić information content (AvgIpc) is 2.64. The number of carboxylic acids is 2. The van der Waals surface area contributed by atoms with Crippen LogP contribution in [0, 0.1) is 10.8 Å². The first-order valence-electron chi connectivity index (χ1n) is 9.42. The van der Waals surface area contributed by atoms with E-state index in [0.717, 1.165) is 0 Å². The van der Waals surface area contributed by atoms with Crippen LogP contribution < -0.4 is 11.1 Å². The lowest BCUT2D eigenvalue weighted by molar-refractivity contribution is -0.174. The third kappa shape index (κ3) is 3.52. The van der Waals surface area contributed by atoms with Crippen LogP contribution in [0.15, 0.2) is 24.3 Å². The van der Waals surface area contributed by atoms with Crippen LogP contribution in [0.3, 0.4) is 0 Å². The minimum atomic E-state index is -1.43. The van der Waals surface area contributed by atoms with Crippen molar-refractivity contribution in [2.24, 2.45) is 16.6 Å². The van der Waals surface area contributed by atoms with Crippen molar-refractivity contribution in [3.8, 4) is 0 Å². The number of aliphatic carboxylic acids is 2. The fraction of sp³-hybridized carbons (Fsp3) is 0.600. The van der Waals surface area contributed by atoms with Gasteiger partial charge in [0, 0.05) is 29.6 Å². The second-order valence-corrected chi connectivity index (χ2v) is 7.95. The molecule has 0 amide bonds. The highest BCUT2D eigenvalue weighted by atomic mass is 35.5. The molecule has 0 spiro atoms. The van der Waals surface area contributed by atoms with Gasteiger partial charge in [-0.2, -0.15) is 0 Å². The third-order valence-electron chi connectivity index (χ3n) is 6.29. The molecule has 28 heavy (non-hydrogen) atoms. The van der Waals surface area contributed by atoms with E-state index in [2.05, 4.69) is 5.32 Å². The number of ether oxygens (including phenoxy) is 1. The number of nitrogens with one attached hydrogen (secondary N) is 1. The largest absolute Gasteiger partial charge is 0.481 e. The summed E-state index contributed by atoms with van der Waals surface area (Å²) in [6.07, 6.45) is 0.206. The van der Waals surface area contributed by atoms with Crippen molar-refractivity contribution in [3.63, 3.8) is 0 Å². The highest BCUT2D eigenvalue weighted by molar-refractivity contribution is 6.31. The molecular formula is C20H29ClN2O5. The summed E-state index contributed by atoms with van der Waals surface area (Å²) in [5.74, 6) is -3.01. The van der Waals surface area contributed by atoms with Gasteiger partial charge in [0.05, 0.1) is 24.0 Å².